The number of hydrogen-bond donors (Lipinski definition) is 0. The highest BCUT2D eigenvalue weighted by Crippen LogP contribution is 2.12. The second kappa shape index (κ2) is 54.7. The van der Waals surface area contributed by atoms with Crippen LogP contribution in [0, 0.1) is 0 Å². The largest absolute Gasteiger partial charge is 0.462 e. The van der Waals surface area contributed by atoms with Crippen molar-refractivity contribution in [2.45, 2.75) is 245 Å². The summed E-state index contributed by atoms with van der Waals surface area (Å²) in [4.78, 5) is 38.0. The molecule has 0 radical (unpaired) electrons. The van der Waals surface area contributed by atoms with E-state index >= 15 is 0 Å². The van der Waals surface area contributed by atoms with Crippen molar-refractivity contribution in [3.05, 3.63) is 109 Å². The summed E-state index contributed by atoms with van der Waals surface area (Å²) in [7, 11) is 0. The van der Waals surface area contributed by atoms with Gasteiger partial charge in [0.15, 0.2) is 6.10 Å². The number of carbonyl (C=O) groups excluding carboxylic acids is 3. The van der Waals surface area contributed by atoms with Crippen LogP contribution in [-0.4, -0.2) is 37.2 Å². The Labute approximate surface area is 412 Å². The lowest BCUT2D eigenvalue weighted by molar-refractivity contribution is -0.166. The smallest absolute Gasteiger partial charge is 0.306 e. The first-order chi connectivity index (χ1) is 33.0. The van der Waals surface area contributed by atoms with Crippen LogP contribution in [0.2, 0.25) is 0 Å². The zero-order chi connectivity index (χ0) is 48.6. The molecule has 0 heterocycles. The lowest BCUT2D eigenvalue weighted by Gasteiger charge is -2.18. The van der Waals surface area contributed by atoms with E-state index in [-0.39, 0.29) is 31.6 Å². The Morgan fingerprint density at radius 1 is 0.299 bits per heavy atom. The summed E-state index contributed by atoms with van der Waals surface area (Å²) in [5.41, 5.74) is 0. The molecule has 0 rings (SSSR count). The fraction of sp³-hybridized carbons (Fsp3) is 0.656. The Bertz CT molecular complexity index is 1390. The van der Waals surface area contributed by atoms with E-state index < -0.39 is 12.1 Å². The average Bonchev–Trinajstić information content (AvgIpc) is 3.33. The molecule has 1 atom stereocenters. The molecule has 0 saturated carbocycles. The Hall–Kier alpha value is -3.93. The first-order valence-corrected chi connectivity index (χ1v) is 27.4. The number of ether oxygens (including phenoxy) is 3. The Balaban J connectivity index is 4.57. The summed E-state index contributed by atoms with van der Waals surface area (Å²) in [6.45, 7) is 6.47. The molecule has 0 aliphatic rings. The summed E-state index contributed by atoms with van der Waals surface area (Å²) in [5, 5.41) is 0. The van der Waals surface area contributed by atoms with E-state index in [1.54, 1.807) is 0 Å². The molecule has 0 aliphatic heterocycles. The van der Waals surface area contributed by atoms with Crippen molar-refractivity contribution >= 4 is 17.9 Å². The quantitative estimate of drug-likeness (QED) is 0.0262. The maximum atomic E-state index is 12.8. The molecule has 0 aromatic rings. The first kappa shape index (κ1) is 63.1. The number of rotatable bonds is 48. The highest BCUT2D eigenvalue weighted by molar-refractivity contribution is 5.71. The molecule has 0 N–H and O–H groups in total. The number of carbonyl (C=O) groups is 3. The summed E-state index contributed by atoms with van der Waals surface area (Å²) in [6.07, 6.45) is 73.6. The van der Waals surface area contributed by atoms with Crippen LogP contribution in [0.5, 0.6) is 0 Å². The average molecular weight is 929 g/mol. The van der Waals surface area contributed by atoms with Crippen molar-refractivity contribution in [1.82, 2.24) is 0 Å². The molecule has 0 unspecified atom stereocenters. The zero-order valence-electron chi connectivity index (χ0n) is 43.4. The normalized spacial score (nSPS) is 12.9. The second-order valence-electron chi connectivity index (χ2n) is 17.8. The highest BCUT2D eigenvalue weighted by atomic mass is 16.6. The van der Waals surface area contributed by atoms with Gasteiger partial charge in [-0.2, -0.15) is 0 Å². The predicted molar refractivity (Wildman–Crippen MR) is 288 cm³/mol. The van der Waals surface area contributed by atoms with Gasteiger partial charge in [0.05, 0.1) is 0 Å². The minimum atomic E-state index is -0.832. The molecule has 0 fully saturated rings. The van der Waals surface area contributed by atoms with Crippen LogP contribution in [0.1, 0.15) is 239 Å². The van der Waals surface area contributed by atoms with Gasteiger partial charge < -0.3 is 14.2 Å². The van der Waals surface area contributed by atoms with Gasteiger partial charge in [-0.3, -0.25) is 14.4 Å². The van der Waals surface area contributed by atoms with E-state index in [2.05, 4.69) is 118 Å². The Morgan fingerprint density at radius 2 is 0.567 bits per heavy atom. The van der Waals surface area contributed by atoms with Crippen LogP contribution in [0.3, 0.4) is 0 Å². The van der Waals surface area contributed by atoms with Crippen LogP contribution in [0.4, 0.5) is 0 Å². The molecule has 0 aliphatic carbocycles. The summed E-state index contributed by atoms with van der Waals surface area (Å²) in [6, 6.07) is 0. The summed E-state index contributed by atoms with van der Waals surface area (Å²) < 4.78 is 16.7. The predicted octanol–water partition coefficient (Wildman–Crippen LogP) is 18.3. The maximum Gasteiger partial charge on any atom is 0.306 e. The van der Waals surface area contributed by atoms with Crippen molar-refractivity contribution in [3.63, 3.8) is 0 Å². The van der Waals surface area contributed by atoms with Crippen molar-refractivity contribution < 1.29 is 28.6 Å². The molecule has 6 heteroatoms. The van der Waals surface area contributed by atoms with Gasteiger partial charge in [0.2, 0.25) is 0 Å². The molecular weight excluding hydrogens is 829 g/mol. The number of allylic oxidation sites excluding steroid dienone is 18. The maximum absolute atomic E-state index is 12.8. The van der Waals surface area contributed by atoms with Gasteiger partial charge in [0.1, 0.15) is 13.2 Å². The van der Waals surface area contributed by atoms with Gasteiger partial charge in [-0.05, 0) is 122 Å². The highest BCUT2D eigenvalue weighted by Gasteiger charge is 2.19. The standard InChI is InChI=1S/C61H100O6/c1-4-7-10-13-16-19-22-25-27-29-30-32-34-37-40-43-46-49-52-55-61(64)67-58(56-65-59(62)53-50-47-44-41-38-35-24-21-18-15-12-9-6-3)57-66-60(63)54-51-48-45-42-39-36-33-31-28-26-23-20-17-14-11-8-5-2/h16-17,19-21,24-28,30,32-33,36-37,40,46,49,58H,4-15,18,22-23,29,31,34-35,38-39,41-45,47-48,50-57H2,1-3H3/b19-16-,20-17-,24-21-,27-25-,28-26-,32-30-,36-33-,40-37-,49-46-/t58-/m0/s1. The van der Waals surface area contributed by atoms with Crippen LogP contribution in [-0.2, 0) is 28.6 Å². The van der Waals surface area contributed by atoms with E-state index in [4.69, 9.17) is 14.2 Å². The van der Waals surface area contributed by atoms with Crippen LogP contribution in [0.15, 0.2) is 109 Å². The van der Waals surface area contributed by atoms with Crippen molar-refractivity contribution in [2.75, 3.05) is 13.2 Å². The molecule has 0 aromatic heterocycles. The van der Waals surface area contributed by atoms with E-state index in [1.165, 1.54) is 89.9 Å². The lowest BCUT2D eigenvalue weighted by atomic mass is 10.1. The minimum absolute atomic E-state index is 0.121. The van der Waals surface area contributed by atoms with Gasteiger partial charge in [-0.25, -0.2) is 0 Å². The van der Waals surface area contributed by atoms with Crippen LogP contribution < -0.4 is 0 Å². The third kappa shape index (κ3) is 52.9. The third-order valence-corrected chi connectivity index (χ3v) is 11.2. The molecule has 6 nitrogen and oxygen atoms in total. The van der Waals surface area contributed by atoms with E-state index in [9.17, 15) is 14.4 Å². The van der Waals surface area contributed by atoms with E-state index in [0.717, 1.165) is 103 Å². The molecule has 0 spiro atoms. The first-order valence-electron chi connectivity index (χ1n) is 27.4. The topological polar surface area (TPSA) is 78.9 Å². The monoisotopic (exact) mass is 929 g/mol. The molecule has 0 aromatic carbocycles. The van der Waals surface area contributed by atoms with Gasteiger partial charge >= 0.3 is 17.9 Å². The van der Waals surface area contributed by atoms with Gasteiger partial charge in [-0.1, -0.05) is 207 Å². The van der Waals surface area contributed by atoms with Gasteiger partial charge in [-0.15, -0.1) is 0 Å². The van der Waals surface area contributed by atoms with Gasteiger partial charge in [0, 0.05) is 19.3 Å². The second-order valence-corrected chi connectivity index (χ2v) is 17.8. The minimum Gasteiger partial charge on any atom is -0.462 e. The molecular formula is C61H100O6. The van der Waals surface area contributed by atoms with Crippen molar-refractivity contribution in [3.8, 4) is 0 Å². The molecule has 380 valence electrons. The van der Waals surface area contributed by atoms with Crippen molar-refractivity contribution in [1.29, 1.82) is 0 Å². The summed E-state index contributed by atoms with van der Waals surface area (Å²) >= 11 is 0. The van der Waals surface area contributed by atoms with Gasteiger partial charge in [0.25, 0.3) is 0 Å². The Kier molecular flexibility index (Phi) is 51.5. The number of esters is 3. The number of hydrogen-bond acceptors (Lipinski definition) is 6. The fourth-order valence-electron chi connectivity index (χ4n) is 7.07. The van der Waals surface area contributed by atoms with Crippen molar-refractivity contribution in [2.24, 2.45) is 0 Å². The van der Waals surface area contributed by atoms with E-state index in [1.807, 2.05) is 12.2 Å². The molecule has 0 saturated heterocycles. The fourth-order valence-corrected chi connectivity index (χ4v) is 7.07. The van der Waals surface area contributed by atoms with Crippen LogP contribution in [0.25, 0.3) is 0 Å². The number of unbranched alkanes of at least 4 members (excludes halogenated alkanes) is 19. The molecule has 0 amide bonds. The van der Waals surface area contributed by atoms with Crippen LogP contribution >= 0.6 is 0 Å². The third-order valence-electron chi connectivity index (χ3n) is 11.2. The lowest BCUT2D eigenvalue weighted by Crippen LogP contribution is -2.30. The Morgan fingerprint density at radius 3 is 0.940 bits per heavy atom. The SMILES string of the molecule is CCCCC/C=C\C/C=C\C/C=C\C/C=C\C/C=C\CCC(=O)O[C@H](COC(=O)CCCCCC/C=C\C/C=C\C/C=C\CCCCC)COC(=O)CCCCCCC/C=C\CCCCCC. The van der Waals surface area contributed by atoms with E-state index in [0.29, 0.717) is 19.3 Å². The zero-order valence-corrected chi connectivity index (χ0v) is 43.4. The molecule has 67 heavy (non-hydrogen) atoms. The molecule has 0 bridgehead atoms. The summed E-state index contributed by atoms with van der Waals surface area (Å²) in [5.74, 6) is -1.04.